The lowest BCUT2D eigenvalue weighted by Crippen LogP contribution is -2.03. The molecule has 0 bridgehead atoms. The maximum Gasteiger partial charge on any atom is 0.252 e. The zero-order valence-electron chi connectivity index (χ0n) is 7.66. The van der Waals surface area contributed by atoms with Gasteiger partial charge in [-0.1, -0.05) is 0 Å². The van der Waals surface area contributed by atoms with Gasteiger partial charge in [0.15, 0.2) is 23.2 Å². The van der Waals surface area contributed by atoms with E-state index in [0.29, 0.717) is 0 Å². The van der Waals surface area contributed by atoms with Crippen LogP contribution < -0.4 is 0 Å². The van der Waals surface area contributed by atoms with Crippen molar-refractivity contribution < 1.29 is 31.4 Å². The molecule has 1 aromatic carbocycles. The van der Waals surface area contributed by atoms with E-state index in [2.05, 4.69) is 4.98 Å². The van der Waals surface area contributed by atoms with Crippen LogP contribution in [-0.2, 0) is 0 Å². The summed E-state index contributed by atoms with van der Waals surface area (Å²) in [6.45, 7) is 0. The highest BCUT2D eigenvalue weighted by Crippen LogP contribution is 2.33. The minimum Gasteiger partial charge on any atom is -0.503 e. The van der Waals surface area contributed by atoms with Crippen LogP contribution in [0.5, 0.6) is 5.75 Å². The molecule has 0 aliphatic heterocycles. The SMILES string of the molecule is Oc1c(F)c(F)c(F)c2c(F)c(F)c(F)nc12. The number of nitrogens with zero attached hydrogens (tertiary/aromatic N) is 1. The average Bonchev–Trinajstić information content (AvgIpc) is 2.30. The average molecular weight is 253 g/mol. The fourth-order valence-electron chi connectivity index (χ4n) is 1.29. The highest BCUT2D eigenvalue weighted by Gasteiger charge is 2.27. The number of halogens is 6. The van der Waals surface area contributed by atoms with E-state index in [9.17, 15) is 26.3 Å². The van der Waals surface area contributed by atoms with Gasteiger partial charge < -0.3 is 5.11 Å². The fraction of sp³-hybridized carbons (Fsp3) is 0. The van der Waals surface area contributed by atoms with Gasteiger partial charge in [-0.25, -0.2) is 18.2 Å². The molecule has 1 aromatic heterocycles. The van der Waals surface area contributed by atoms with Gasteiger partial charge in [0, 0.05) is 0 Å². The van der Waals surface area contributed by atoms with Crippen molar-refractivity contribution in [3.8, 4) is 5.75 Å². The minimum absolute atomic E-state index is 1.24. The van der Waals surface area contributed by atoms with Crippen molar-refractivity contribution in [1.29, 1.82) is 0 Å². The van der Waals surface area contributed by atoms with Crippen molar-refractivity contribution in [1.82, 2.24) is 4.98 Å². The van der Waals surface area contributed by atoms with Crippen LogP contribution in [0.25, 0.3) is 10.9 Å². The predicted molar refractivity (Wildman–Crippen MR) is 43.2 cm³/mol. The van der Waals surface area contributed by atoms with E-state index in [1.165, 1.54) is 0 Å². The van der Waals surface area contributed by atoms with Crippen molar-refractivity contribution in [2.45, 2.75) is 0 Å². The minimum atomic E-state index is -2.21. The standard InChI is InChI=1S/C9HF6NO/c10-2-1-3(11)6(14)9(15)16-7(1)8(17)5(13)4(2)12/h17H. The lowest BCUT2D eigenvalue weighted by molar-refractivity contribution is 0.386. The van der Waals surface area contributed by atoms with E-state index >= 15 is 0 Å². The third kappa shape index (κ3) is 1.40. The van der Waals surface area contributed by atoms with E-state index in [1.54, 1.807) is 0 Å². The first-order chi connectivity index (χ1) is 7.86. The summed E-state index contributed by atoms with van der Waals surface area (Å²) in [5.74, 6) is -14.2. The van der Waals surface area contributed by atoms with Crippen LogP contribution in [0.3, 0.4) is 0 Å². The Morgan fingerprint density at radius 3 is 1.82 bits per heavy atom. The summed E-state index contributed by atoms with van der Waals surface area (Å²) in [4.78, 5) is 2.62. The second-order valence-electron chi connectivity index (χ2n) is 3.04. The van der Waals surface area contributed by atoms with Gasteiger partial charge in [0.05, 0.1) is 5.39 Å². The first-order valence-electron chi connectivity index (χ1n) is 4.05. The molecule has 8 heteroatoms. The van der Waals surface area contributed by atoms with Crippen molar-refractivity contribution >= 4 is 10.9 Å². The Morgan fingerprint density at radius 1 is 0.706 bits per heavy atom. The Morgan fingerprint density at radius 2 is 1.24 bits per heavy atom. The van der Waals surface area contributed by atoms with Crippen molar-refractivity contribution in [3.05, 3.63) is 35.0 Å². The lowest BCUT2D eigenvalue weighted by Gasteiger charge is -2.06. The maximum atomic E-state index is 13.1. The molecule has 0 fully saturated rings. The molecule has 2 nitrogen and oxygen atoms in total. The summed E-state index contributed by atoms with van der Waals surface area (Å²) in [5.41, 5.74) is -1.24. The molecular weight excluding hydrogens is 252 g/mol. The molecule has 0 atom stereocenters. The predicted octanol–water partition coefficient (Wildman–Crippen LogP) is 2.77. The van der Waals surface area contributed by atoms with Crippen molar-refractivity contribution in [2.24, 2.45) is 0 Å². The molecule has 1 heterocycles. The number of rotatable bonds is 0. The first kappa shape index (κ1) is 11.5. The molecule has 2 aromatic rings. The lowest BCUT2D eigenvalue weighted by atomic mass is 10.1. The van der Waals surface area contributed by atoms with Crippen LogP contribution in [0.2, 0.25) is 0 Å². The van der Waals surface area contributed by atoms with Gasteiger partial charge in [0.25, 0.3) is 5.95 Å². The topological polar surface area (TPSA) is 33.1 Å². The molecule has 17 heavy (non-hydrogen) atoms. The summed E-state index contributed by atoms with van der Waals surface area (Å²) in [6.07, 6.45) is 0. The smallest absolute Gasteiger partial charge is 0.252 e. The van der Waals surface area contributed by atoms with Crippen LogP contribution in [0.1, 0.15) is 0 Å². The molecule has 0 aliphatic carbocycles. The quantitative estimate of drug-likeness (QED) is 0.445. The van der Waals surface area contributed by atoms with Gasteiger partial charge in [-0.3, -0.25) is 0 Å². The molecule has 90 valence electrons. The van der Waals surface area contributed by atoms with Crippen LogP contribution in [0, 0.1) is 35.0 Å². The Balaban J connectivity index is 3.12. The number of aromatic hydroxyl groups is 1. The van der Waals surface area contributed by atoms with Gasteiger partial charge in [-0.05, 0) is 0 Å². The highest BCUT2D eigenvalue weighted by molar-refractivity contribution is 5.85. The van der Waals surface area contributed by atoms with E-state index < -0.39 is 51.7 Å². The molecular formula is C9HF6NO. The van der Waals surface area contributed by atoms with Gasteiger partial charge >= 0.3 is 0 Å². The monoisotopic (exact) mass is 253 g/mol. The molecule has 1 N–H and O–H groups in total. The second-order valence-corrected chi connectivity index (χ2v) is 3.04. The zero-order valence-corrected chi connectivity index (χ0v) is 7.66. The van der Waals surface area contributed by atoms with Crippen LogP contribution in [-0.4, -0.2) is 10.1 Å². The number of phenols is 1. The molecule has 0 unspecified atom stereocenters. The largest absolute Gasteiger partial charge is 0.503 e. The summed E-state index contributed by atoms with van der Waals surface area (Å²) in [6, 6.07) is 0. The van der Waals surface area contributed by atoms with Gasteiger partial charge in [-0.15, -0.1) is 0 Å². The van der Waals surface area contributed by atoms with Crippen molar-refractivity contribution in [3.63, 3.8) is 0 Å². The molecule has 0 saturated heterocycles. The molecule has 0 radical (unpaired) electrons. The number of phenolic OH excluding ortho intramolecular Hbond substituents is 1. The first-order valence-corrected chi connectivity index (χ1v) is 4.05. The number of benzene rings is 1. The summed E-state index contributed by atoms with van der Waals surface area (Å²) >= 11 is 0. The number of fused-ring (bicyclic) bond motifs is 1. The summed E-state index contributed by atoms with van der Waals surface area (Å²) in [7, 11) is 0. The Hall–Kier alpha value is -1.99. The van der Waals surface area contributed by atoms with E-state index in [1.807, 2.05) is 0 Å². The second kappa shape index (κ2) is 3.51. The highest BCUT2D eigenvalue weighted by atomic mass is 19.2. The fourth-order valence-corrected chi connectivity index (χ4v) is 1.29. The maximum absolute atomic E-state index is 13.1. The van der Waals surface area contributed by atoms with E-state index in [4.69, 9.17) is 5.11 Å². The van der Waals surface area contributed by atoms with E-state index in [0.717, 1.165) is 0 Å². The summed E-state index contributed by atoms with van der Waals surface area (Å²) < 4.78 is 77.3. The Bertz CT molecular complexity index is 633. The number of hydrogen-bond donors (Lipinski definition) is 1. The van der Waals surface area contributed by atoms with Gasteiger partial charge in [0.2, 0.25) is 11.6 Å². The normalized spacial score (nSPS) is 11.2. The van der Waals surface area contributed by atoms with Gasteiger partial charge in [-0.2, -0.15) is 13.2 Å². The Labute approximate surface area is 89.1 Å². The third-order valence-electron chi connectivity index (χ3n) is 2.08. The number of hydrogen-bond acceptors (Lipinski definition) is 2. The van der Waals surface area contributed by atoms with Crippen molar-refractivity contribution in [2.75, 3.05) is 0 Å². The third-order valence-corrected chi connectivity index (χ3v) is 2.08. The molecule has 2 rings (SSSR count). The van der Waals surface area contributed by atoms with Crippen LogP contribution in [0.15, 0.2) is 0 Å². The summed E-state index contributed by atoms with van der Waals surface area (Å²) in [5, 5.41) is 7.55. The number of pyridine rings is 1. The molecule has 0 saturated carbocycles. The van der Waals surface area contributed by atoms with Crippen LogP contribution >= 0.6 is 0 Å². The van der Waals surface area contributed by atoms with Gasteiger partial charge in [0.1, 0.15) is 5.52 Å². The molecule has 0 aliphatic rings. The van der Waals surface area contributed by atoms with E-state index in [-0.39, 0.29) is 0 Å². The van der Waals surface area contributed by atoms with Crippen LogP contribution in [0.4, 0.5) is 26.3 Å². The zero-order chi connectivity index (χ0) is 12.9. The molecule has 0 amide bonds. The number of aromatic nitrogens is 1. The Kier molecular flexibility index (Phi) is 2.37. The molecule has 0 spiro atoms.